The normalized spacial score (nSPS) is 17.1. The summed E-state index contributed by atoms with van der Waals surface area (Å²) in [6.45, 7) is 8.49. The van der Waals surface area contributed by atoms with E-state index in [0.717, 1.165) is 36.0 Å². The molecule has 2 aromatic rings. The molecule has 1 amide bonds. The van der Waals surface area contributed by atoms with E-state index in [1.165, 1.54) is 21.2 Å². The van der Waals surface area contributed by atoms with E-state index in [-0.39, 0.29) is 5.91 Å². The van der Waals surface area contributed by atoms with E-state index >= 15 is 0 Å². The van der Waals surface area contributed by atoms with E-state index in [2.05, 4.69) is 59.1 Å². The van der Waals surface area contributed by atoms with Crippen molar-refractivity contribution in [2.75, 3.05) is 19.3 Å². The van der Waals surface area contributed by atoms with Crippen molar-refractivity contribution in [3.63, 3.8) is 0 Å². The van der Waals surface area contributed by atoms with Crippen molar-refractivity contribution in [1.29, 1.82) is 0 Å². The molecule has 0 bridgehead atoms. The monoisotopic (exact) mass is 494 g/mol. The minimum absolute atomic E-state index is 0.144. The first-order valence-electron chi connectivity index (χ1n) is 10.4. The molecule has 0 spiro atoms. The van der Waals surface area contributed by atoms with Crippen LogP contribution in [0.3, 0.4) is 0 Å². The lowest BCUT2D eigenvalue weighted by atomic mass is 9.95. The second-order valence-corrected chi connectivity index (χ2v) is 11.4. The Morgan fingerprint density at radius 3 is 2.97 bits per heavy atom. The number of nitrogens with zero attached hydrogens (tertiary/aromatic N) is 2. The minimum Gasteiger partial charge on any atom is -0.373 e. The summed E-state index contributed by atoms with van der Waals surface area (Å²) < 4.78 is 5.47. The van der Waals surface area contributed by atoms with E-state index in [1.807, 2.05) is 22.9 Å². The van der Waals surface area contributed by atoms with Gasteiger partial charge in [-0.15, -0.1) is 22.7 Å². The van der Waals surface area contributed by atoms with Gasteiger partial charge in [0.15, 0.2) is 4.34 Å². The summed E-state index contributed by atoms with van der Waals surface area (Å²) in [5, 5.41) is 7.03. The Kier molecular flexibility index (Phi) is 9.52. The zero-order valence-corrected chi connectivity index (χ0v) is 21.6. The predicted octanol–water partition coefficient (Wildman–Crippen LogP) is 5.86. The van der Waals surface area contributed by atoms with Crippen LogP contribution in [-0.2, 0) is 0 Å². The van der Waals surface area contributed by atoms with Gasteiger partial charge >= 0.3 is 0 Å². The lowest BCUT2D eigenvalue weighted by molar-refractivity contribution is 0.0960. The second kappa shape index (κ2) is 12.1. The number of hydrogen-bond donors (Lipinski definition) is 2. The first-order valence-corrected chi connectivity index (χ1v) is 14.2. The van der Waals surface area contributed by atoms with Gasteiger partial charge in [-0.05, 0) is 62.2 Å². The van der Waals surface area contributed by atoms with Crippen LogP contribution in [0.5, 0.6) is 0 Å². The molecule has 2 aromatic heterocycles. The van der Waals surface area contributed by atoms with Crippen LogP contribution in [0.25, 0.3) is 0 Å². The third-order valence-electron chi connectivity index (χ3n) is 5.04. The third-order valence-corrected chi connectivity index (χ3v) is 8.65. The highest BCUT2D eigenvalue weighted by Crippen LogP contribution is 2.33. The number of nitrogens with one attached hydrogen (secondary N) is 2. The Morgan fingerprint density at radius 1 is 1.42 bits per heavy atom. The quantitative estimate of drug-likeness (QED) is 0.382. The molecule has 5 nitrogen and oxygen atoms in total. The summed E-state index contributed by atoms with van der Waals surface area (Å²) in [6.07, 6.45) is 8.29. The molecule has 9 heteroatoms. The average molecular weight is 495 g/mol. The molecule has 3 rings (SSSR count). The molecule has 2 atom stereocenters. The minimum atomic E-state index is -0.144. The average Bonchev–Trinajstić information content (AvgIpc) is 3.43. The number of carbonyl (C=O) groups is 1. The molecule has 0 fully saturated rings. The Bertz CT molecular complexity index is 907. The van der Waals surface area contributed by atoms with Gasteiger partial charge in [0.05, 0.1) is 9.91 Å². The maximum Gasteiger partial charge on any atom is 0.275 e. The highest BCUT2D eigenvalue weighted by molar-refractivity contribution is 8.02. The molecule has 1 aliphatic rings. The van der Waals surface area contributed by atoms with Crippen LogP contribution >= 0.6 is 46.4 Å². The number of thiophene rings is 1. The highest BCUT2D eigenvalue weighted by atomic mass is 32.2. The van der Waals surface area contributed by atoms with Gasteiger partial charge in [0.1, 0.15) is 5.69 Å². The first-order chi connectivity index (χ1) is 15.0. The SMILES string of the molecule is CCN(CCC(C)NSC)C1=C(NC(=O)c2csc(Sc3cccs3)n2)C=CCC1C. The molecule has 1 aliphatic carbocycles. The number of carbonyl (C=O) groups excluding carboxylic acids is 1. The smallest absolute Gasteiger partial charge is 0.275 e. The van der Waals surface area contributed by atoms with Crippen LogP contribution in [0.2, 0.25) is 0 Å². The van der Waals surface area contributed by atoms with E-state index < -0.39 is 0 Å². The predicted molar refractivity (Wildman–Crippen MR) is 136 cm³/mol. The highest BCUT2D eigenvalue weighted by Gasteiger charge is 2.24. The molecule has 2 N–H and O–H groups in total. The van der Waals surface area contributed by atoms with E-state index in [4.69, 9.17) is 0 Å². The molecular weight excluding hydrogens is 465 g/mol. The lowest BCUT2D eigenvalue weighted by Crippen LogP contribution is -2.36. The van der Waals surface area contributed by atoms with Gasteiger partial charge < -0.3 is 10.2 Å². The molecule has 168 valence electrons. The number of aromatic nitrogens is 1. The van der Waals surface area contributed by atoms with Crippen molar-refractivity contribution in [3.8, 4) is 0 Å². The molecule has 0 saturated carbocycles. The fraction of sp³-hybridized carbons (Fsp3) is 0.455. The second-order valence-electron chi connectivity index (χ2n) is 7.42. The topological polar surface area (TPSA) is 57.3 Å². The molecule has 0 aromatic carbocycles. The van der Waals surface area contributed by atoms with Crippen LogP contribution in [-0.4, -0.2) is 41.2 Å². The molecule has 0 aliphatic heterocycles. The van der Waals surface area contributed by atoms with Crippen LogP contribution in [0.4, 0.5) is 0 Å². The molecule has 2 heterocycles. The van der Waals surface area contributed by atoms with Gasteiger partial charge in [-0.25, -0.2) is 4.98 Å². The Labute approximate surface area is 201 Å². The maximum absolute atomic E-state index is 13.0. The van der Waals surface area contributed by atoms with Crippen molar-refractivity contribution in [2.45, 2.75) is 48.2 Å². The van der Waals surface area contributed by atoms with Crippen LogP contribution in [0.15, 0.2) is 55.0 Å². The van der Waals surface area contributed by atoms with Gasteiger partial charge in [0.2, 0.25) is 0 Å². The van der Waals surface area contributed by atoms with Gasteiger partial charge in [-0.3, -0.25) is 9.52 Å². The first kappa shape index (κ1) is 24.4. The van der Waals surface area contributed by atoms with Gasteiger partial charge in [-0.2, -0.15) is 0 Å². The summed E-state index contributed by atoms with van der Waals surface area (Å²) >= 11 is 6.46. The molecule has 31 heavy (non-hydrogen) atoms. The van der Waals surface area contributed by atoms with Crippen LogP contribution < -0.4 is 10.0 Å². The summed E-state index contributed by atoms with van der Waals surface area (Å²) in [5.74, 6) is 0.221. The Hall–Kier alpha value is -1.26. The van der Waals surface area contributed by atoms with Crippen molar-refractivity contribution in [3.05, 3.63) is 52.1 Å². The summed E-state index contributed by atoms with van der Waals surface area (Å²) in [6, 6.07) is 4.53. The Balaban J connectivity index is 1.72. The number of amides is 1. The fourth-order valence-corrected chi connectivity index (χ4v) is 6.82. The van der Waals surface area contributed by atoms with E-state index in [9.17, 15) is 4.79 Å². The number of hydrogen-bond acceptors (Lipinski definition) is 8. The van der Waals surface area contributed by atoms with Gasteiger partial charge in [0, 0.05) is 36.1 Å². The van der Waals surface area contributed by atoms with Crippen LogP contribution in [0.1, 0.15) is 44.1 Å². The van der Waals surface area contributed by atoms with E-state index in [0.29, 0.717) is 17.7 Å². The van der Waals surface area contributed by atoms with Crippen molar-refractivity contribution in [2.24, 2.45) is 5.92 Å². The molecule has 0 radical (unpaired) electrons. The largest absolute Gasteiger partial charge is 0.373 e. The summed E-state index contributed by atoms with van der Waals surface area (Å²) in [7, 11) is 0. The number of thiazole rings is 1. The van der Waals surface area contributed by atoms with Gasteiger partial charge in [0.25, 0.3) is 5.91 Å². The third kappa shape index (κ3) is 6.86. The zero-order valence-electron chi connectivity index (χ0n) is 18.4. The number of rotatable bonds is 11. The lowest BCUT2D eigenvalue weighted by Gasteiger charge is -2.34. The molecule has 0 saturated heterocycles. The summed E-state index contributed by atoms with van der Waals surface area (Å²) in [4.78, 5) is 19.9. The maximum atomic E-state index is 13.0. The van der Waals surface area contributed by atoms with Crippen LogP contribution in [0, 0.1) is 5.92 Å². The van der Waals surface area contributed by atoms with Crippen molar-refractivity contribution >= 4 is 52.3 Å². The zero-order chi connectivity index (χ0) is 22.2. The van der Waals surface area contributed by atoms with E-state index in [1.54, 1.807) is 35.0 Å². The molecular formula is C22H30N4OS4. The number of allylic oxidation sites excluding steroid dienone is 3. The Morgan fingerprint density at radius 2 is 2.26 bits per heavy atom. The van der Waals surface area contributed by atoms with Crippen molar-refractivity contribution < 1.29 is 4.79 Å². The molecule has 2 unspecified atom stereocenters. The standard InChI is InChI=1S/C22H30N4OS4/c1-5-26(12-11-16(3)25-28-4)20-15(2)8-6-9-17(20)23-21(27)18-14-30-22(24-18)31-19-10-7-13-29-19/h6-7,9-10,13-16,25H,5,8,11-12H2,1-4H3,(H,23,27). The van der Waals surface area contributed by atoms with Gasteiger partial charge in [-0.1, -0.05) is 31.0 Å². The van der Waals surface area contributed by atoms with Crippen molar-refractivity contribution in [1.82, 2.24) is 19.9 Å². The fourth-order valence-electron chi connectivity index (χ4n) is 3.50. The summed E-state index contributed by atoms with van der Waals surface area (Å²) in [5.41, 5.74) is 2.60.